The van der Waals surface area contributed by atoms with Gasteiger partial charge >= 0.3 is 5.97 Å². The molecule has 2 aromatic carbocycles. The molecular formula is C26H29N3O3. The van der Waals surface area contributed by atoms with Crippen LogP contribution in [0.4, 0.5) is 11.5 Å². The fourth-order valence-corrected chi connectivity index (χ4v) is 3.40. The normalized spacial score (nSPS) is 10.5. The number of hydrogen-bond donors (Lipinski definition) is 2. The molecular weight excluding hydrogens is 402 g/mol. The first-order valence-electron chi connectivity index (χ1n) is 10.8. The van der Waals surface area contributed by atoms with E-state index in [1.165, 1.54) is 7.11 Å². The van der Waals surface area contributed by atoms with Crippen LogP contribution in [0.15, 0.2) is 60.8 Å². The first-order valence-corrected chi connectivity index (χ1v) is 10.8. The predicted molar refractivity (Wildman–Crippen MR) is 128 cm³/mol. The highest BCUT2D eigenvalue weighted by atomic mass is 16.5. The predicted octanol–water partition coefficient (Wildman–Crippen LogP) is 5.58. The molecule has 0 atom stereocenters. The number of anilines is 2. The van der Waals surface area contributed by atoms with Crippen LogP contribution in [0.1, 0.15) is 47.7 Å². The summed E-state index contributed by atoms with van der Waals surface area (Å²) < 4.78 is 4.89. The number of aryl methyl sites for hydroxylation is 1. The molecule has 0 saturated heterocycles. The van der Waals surface area contributed by atoms with Gasteiger partial charge in [-0.1, -0.05) is 55.8 Å². The van der Waals surface area contributed by atoms with Gasteiger partial charge in [0, 0.05) is 19.2 Å². The fraction of sp³-hybridized carbons (Fsp3) is 0.269. The molecule has 0 aliphatic carbocycles. The number of rotatable bonds is 9. The van der Waals surface area contributed by atoms with Crippen molar-refractivity contribution in [3.63, 3.8) is 0 Å². The minimum Gasteiger partial charge on any atom is -0.465 e. The lowest BCUT2D eigenvalue weighted by Gasteiger charge is -2.15. The Balaban J connectivity index is 1.72. The average Bonchev–Trinajstić information content (AvgIpc) is 2.83. The number of pyridine rings is 1. The van der Waals surface area contributed by atoms with Crippen molar-refractivity contribution >= 4 is 23.4 Å². The van der Waals surface area contributed by atoms with Crippen molar-refractivity contribution in [3.8, 4) is 11.1 Å². The molecule has 2 N–H and O–H groups in total. The quantitative estimate of drug-likeness (QED) is 0.432. The van der Waals surface area contributed by atoms with Crippen LogP contribution < -0.4 is 10.6 Å². The van der Waals surface area contributed by atoms with E-state index in [4.69, 9.17) is 4.74 Å². The van der Waals surface area contributed by atoms with E-state index in [0.717, 1.165) is 40.8 Å². The zero-order chi connectivity index (χ0) is 22.9. The average molecular weight is 432 g/mol. The van der Waals surface area contributed by atoms with Crippen LogP contribution in [-0.4, -0.2) is 24.0 Å². The van der Waals surface area contributed by atoms with E-state index in [9.17, 15) is 9.59 Å². The SMILES string of the molecule is CCCCC(=O)Nc1c(C)ccnc1NCc1ccc(-c2ccccc2C(=O)OC)cc1. The van der Waals surface area contributed by atoms with Gasteiger partial charge in [0.2, 0.25) is 5.91 Å². The Morgan fingerprint density at radius 1 is 1.03 bits per heavy atom. The molecule has 0 saturated carbocycles. The van der Waals surface area contributed by atoms with Crippen molar-refractivity contribution in [3.05, 3.63) is 77.5 Å². The molecule has 6 nitrogen and oxygen atoms in total. The van der Waals surface area contributed by atoms with Crippen molar-refractivity contribution in [2.24, 2.45) is 0 Å². The third-order valence-electron chi connectivity index (χ3n) is 5.24. The Morgan fingerprint density at radius 3 is 2.50 bits per heavy atom. The Kier molecular flexibility index (Phi) is 7.97. The molecule has 0 radical (unpaired) electrons. The first-order chi connectivity index (χ1) is 15.5. The molecule has 0 aliphatic rings. The molecule has 0 spiro atoms. The minimum atomic E-state index is -0.356. The maximum Gasteiger partial charge on any atom is 0.338 e. The number of esters is 1. The van der Waals surface area contributed by atoms with Gasteiger partial charge in [-0.15, -0.1) is 0 Å². The number of unbranched alkanes of at least 4 members (excludes halogenated alkanes) is 1. The van der Waals surface area contributed by atoms with Gasteiger partial charge in [0.15, 0.2) is 0 Å². The second-order valence-corrected chi connectivity index (χ2v) is 7.59. The van der Waals surface area contributed by atoms with Crippen LogP contribution in [0.3, 0.4) is 0 Å². The van der Waals surface area contributed by atoms with Crippen molar-refractivity contribution < 1.29 is 14.3 Å². The Morgan fingerprint density at radius 2 is 1.78 bits per heavy atom. The molecule has 0 aliphatic heterocycles. The van der Waals surface area contributed by atoms with Gasteiger partial charge in [-0.2, -0.15) is 0 Å². The summed E-state index contributed by atoms with van der Waals surface area (Å²) in [6.07, 6.45) is 4.06. The summed E-state index contributed by atoms with van der Waals surface area (Å²) >= 11 is 0. The summed E-state index contributed by atoms with van der Waals surface area (Å²) in [7, 11) is 1.38. The van der Waals surface area contributed by atoms with Crippen molar-refractivity contribution in [2.45, 2.75) is 39.7 Å². The van der Waals surface area contributed by atoms with E-state index in [2.05, 4.69) is 22.5 Å². The molecule has 3 aromatic rings. The molecule has 0 unspecified atom stereocenters. The second-order valence-electron chi connectivity index (χ2n) is 7.59. The number of benzene rings is 2. The maximum atomic E-state index is 12.2. The lowest BCUT2D eigenvalue weighted by molar-refractivity contribution is -0.116. The zero-order valence-electron chi connectivity index (χ0n) is 18.8. The molecule has 6 heteroatoms. The molecule has 166 valence electrons. The number of amides is 1. The Labute approximate surface area is 189 Å². The molecule has 1 heterocycles. The van der Waals surface area contributed by atoms with Crippen LogP contribution >= 0.6 is 0 Å². The van der Waals surface area contributed by atoms with Crippen LogP contribution in [0.2, 0.25) is 0 Å². The number of carbonyl (C=O) groups excluding carboxylic acids is 2. The van der Waals surface area contributed by atoms with Gasteiger partial charge < -0.3 is 15.4 Å². The largest absolute Gasteiger partial charge is 0.465 e. The van der Waals surface area contributed by atoms with E-state index in [-0.39, 0.29) is 11.9 Å². The minimum absolute atomic E-state index is 0.000348. The van der Waals surface area contributed by atoms with E-state index in [0.29, 0.717) is 24.3 Å². The molecule has 1 amide bonds. The summed E-state index contributed by atoms with van der Waals surface area (Å²) in [5.74, 6) is 0.292. The highest BCUT2D eigenvalue weighted by Gasteiger charge is 2.13. The number of ether oxygens (including phenoxy) is 1. The van der Waals surface area contributed by atoms with Crippen LogP contribution in [-0.2, 0) is 16.1 Å². The number of hydrogen-bond acceptors (Lipinski definition) is 5. The standard InChI is InChI=1S/C26H29N3O3/c1-4-5-10-23(30)29-24-18(2)15-16-27-25(24)28-17-19-11-13-20(14-12-19)21-8-6-7-9-22(21)26(31)32-3/h6-9,11-16H,4-5,10,17H2,1-3H3,(H,27,28)(H,29,30). The molecule has 0 fully saturated rings. The van der Waals surface area contributed by atoms with Crippen LogP contribution in [0, 0.1) is 6.92 Å². The number of methoxy groups -OCH3 is 1. The van der Waals surface area contributed by atoms with Gasteiger partial charge in [-0.05, 0) is 47.7 Å². The van der Waals surface area contributed by atoms with Gasteiger partial charge in [0.05, 0.1) is 18.4 Å². The van der Waals surface area contributed by atoms with Gasteiger partial charge in [0.1, 0.15) is 5.82 Å². The summed E-state index contributed by atoms with van der Waals surface area (Å²) in [4.78, 5) is 28.7. The number of nitrogens with one attached hydrogen (secondary N) is 2. The highest BCUT2D eigenvalue weighted by Crippen LogP contribution is 2.26. The molecule has 1 aromatic heterocycles. The summed E-state index contributed by atoms with van der Waals surface area (Å²) in [5, 5.41) is 6.32. The Hall–Kier alpha value is -3.67. The number of aromatic nitrogens is 1. The number of nitrogens with zero attached hydrogens (tertiary/aromatic N) is 1. The van der Waals surface area contributed by atoms with E-state index in [1.807, 2.05) is 55.5 Å². The van der Waals surface area contributed by atoms with Crippen LogP contribution in [0.5, 0.6) is 0 Å². The van der Waals surface area contributed by atoms with E-state index in [1.54, 1.807) is 12.3 Å². The zero-order valence-corrected chi connectivity index (χ0v) is 18.8. The van der Waals surface area contributed by atoms with Gasteiger partial charge in [-0.3, -0.25) is 4.79 Å². The third-order valence-corrected chi connectivity index (χ3v) is 5.24. The van der Waals surface area contributed by atoms with Crippen molar-refractivity contribution in [1.29, 1.82) is 0 Å². The van der Waals surface area contributed by atoms with E-state index >= 15 is 0 Å². The summed E-state index contributed by atoms with van der Waals surface area (Å²) in [6, 6.07) is 17.2. The lowest BCUT2D eigenvalue weighted by atomic mass is 9.98. The third kappa shape index (κ3) is 5.72. The first kappa shape index (κ1) is 23.0. The Bertz CT molecular complexity index is 1080. The molecule has 0 bridgehead atoms. The molecule has 3 rings (SSSR count). The fourth-order valence-electron chi connectivity index (χ4n) is 3.40. The topological polar surface area (TPSA) is 80.3 Å². The molecule has 32 heavy (non-hydrogen) atoms. The van der Waals surface area contributed by atoms with Crippen molar-refractivity contribution in [2.75, 3.05) is 17.7 Å². The maximum absolute atomic E-state index is 12.2. The van der Waals surface area contributed by atoms with Gasteiger partial charge in [0.25, 0.3) is 0 Å². The van der Waals surface area contributed by atoms with Crippen molar-refractivity contribution in [1.82, 2.24) is 4.98 Å². The second kappa shape index (κ2) is 11.1. The van der Waals surface area contributed by atoms with E-state index < -0.39 is 0 Å². The summed E-state index contributed by atoms with van der Waals surface area (Å²) in [6.45, 7) is 4.57. The lowest BCUT2D eigenvalue weighted by Crippen LogP contribution is -2.15. The highest BCUT2D eigenvalue weighted by molar-refractivity contribution is 5.97. The van der Waals surface area contributed by atoms with Crippen LogP contribution in [0.25, 0.3) is 11.1 Å². The summed E-state index contributed by atoms with van der Waals surface area (Å²) in [5.41, 5.74) is 5.03. The van der Waals surface area contributed by atoms with Gasteiger partial charge in [-0.25, -0.2) is 9.78 Å². The number of carbonyl (C=O) groups is 2. The smallest absolute Gasteiger partial charge is 0.338 e. The monoisotopic (exact) mass is 431 g/mol.